The van der Waals surface area contributed by atoms with Gasteiger partial charge in [0.25, 0.3) is 5.91 Å². The smallest absolute Gasteiger partial charge is 0.275 e. The van der Waals surface area contributed by atoms with E-state index in [9.17, 15) is 4.79 Å². The second kappa shape index (κ2) is 8.98. The van der Waals surface area contributed by atoms with Gasteiger partial charge in [-0.3, -0.25) is 4.79 Å². The summed E-state index contributed by atoms with van der Waals surface area (Å²) >= 11 is 7.63. The molecule has 0 spiro atoms. The first-order valence-corrected chi connectivity index (χ1v) is 8.78. The van der Waals surface area contributed by atoms with Gasteiger partial charge in [0.2, 0.25) is 0 Å². The number of likely N-dealkylation sites (N-methyl/N-ethyl adjacent to an activating group) is 1. The van der Waals surface area contributed by atoms with E-state index in [4.69, 9.17) is 22.1 Å². The summed E-state index contributed by atoms with van der Waals surface area (Å²) in [6, 6.07) is 5.16. The van der Waals surface area contributed by atoms with Crippen LogP contribution in [0, 0.1) is 0 Å². The molecule has 3 N–H and O–H groups in total. The number of carbonyl (C=O) groups is 1. The highest BCUT2D eigenvalue weighted by Crippen LogP contribution is 2.28. The van der Waals surface area contributed by atoms with Crippen molar-refractivity contribution in [3.05, 3.63) is 39.3 Å². The van der Waals surface area contributed by atoms with Crippen LogP contribution in [0.5, 0.6) is 5.75 Å². The van der Waals surface area contributed by atoms with E-state index in [1.165, 1.54) is 11.3 Å². The molecule has 2 rings (SSSR count). The predicted molar refractivity (Wildman–Crippen MR) is 98.3 cm³/mol. The van der Waals surface area contributed by atoms with Crippen molar-refractivity contribution in [1.82, 2.24) is 9.88 Å². The maximum absolute atomic E-state index is 12.2. The molecule has 0 fully saturated rings. The molecule has 1 aromatic heterocycles. The Kier molecular flexibility index (Phi) is 6.99. The number of hydrogen-bond donors (Lipinski definition) is 2. The van der Waals surface area contributed by atoms with Crippen molar-refractivity contribution in [2.24, 2.45) is 5.73 Å². The molecule has 24 heavy (non-hydrogen) atoms. The first-order valence-electron chi connectivity index (χ1n) is 7.52. The first-order chi connectivity index (χ1) is 11.5. The summed E-state index contributed by atoms with van der Waals surface area (Å²) in [4.78, 5) is 18.5. The lowest BCUT2D eigenvalue weighted by molar-refractivity contribution is 0.102. The molecule has 0 aliphatic carbocycles. The molecule has 0 unspecified atom stereocenters. The second-order valence-electron chi connectivity index (χ2n) is 5.42. The number of anilines is 1. The van der Waals surface area contributed by atoms with Gasteiger partial charge in [0.15, 0.2) is 0 Å². The Labute approximate surface area is 150 Å². The van der Waals surface area contributed by atoms with Crippen LogP contribution in [0.4, 0.5) is 5.69 Å². The number of aromatic nitrogens is 1. The van der Waals surface area contributed by atoms with E-state index in [-0.39, 0.29) is 5.91 Å². The minimum atomic E-state index is -0.271. The minimum absolute atomic E-state index is 0.271. The Bertz CT molecular complexity index is 690. The first kappa shape index (κ1) is 18.7. The van der Waals surface area contributed by atoms with E-state index < -0.39 is 0 Å². The van der Waals surface area contributed by atoms with Crippen LogP contribution in [-0.4, -0.2) is 49.6 Å². The average Bonchev–Trinajstić information content (AvgIpc) is 2.98. The summed E-state index contributed by atoms with van der Waals surface area (Å²) in [5.41, 5.74) is 6.46. The zero-order valence-electron chi connectivity index (χ0n) is 13.7. The monoisotopic (exact) mass is 368 g/mol. The van der Waals surface area contributed by atoms with Gasteiger partial charge in [-0.15, -0.1) is 11.3 Å². The Hall–Kier alpha value is -1.67. The summed E-state index contributed by atoms with van der Waals surface area (Å²) in [7, 11) is 3.95. The Morgan fingerprint density at radius 1 is 1.46 bits per heavy atom. The lowest BCUT2D eigenvalue weighted by atomic mass is 10.3. The van der Waals surface area contributed by atoms with E-state index >= 15 is 0 Å². The molecular weight excluding hydrogens is 348 g/mol. The summed E-state index contributed by atoms with van der Waals surface area (Å²) in [5, 5.41) is 5.81. The van der Waals surface area contributed by atoms with E-state index in [2.05, 4.69) is 10.3 Å². The molecule has 8 heteroatoms. The molecule has 130 valence electrons. The van der Waals surface area contributed by atoms with Gasteiger partial charge < -0.3 is 20.7 Å². The van der Waals surface area contributed by atoms with Gasteiger partial charge in [0.05, 0.1) is 10.0 Å². The van der Waals surface area contributed by atoms with Gasteiger partial charge >= 0.3 is 0 Å². The van der Waals surface area contributed by atoms with Crippen molar-refractivity contribution in [1.29, 1.82) is 0 Å². The number of thiazole rings is 1. The lowest BCUT2D eigenvalue weighted by Crippen LogP contribution is -2.19. The maximum atomic E-state index is 12.2. The molecule has 0 radical (unpaired) electrons. The number of carbonyl (C=O) groups excluding carboxylic acids is 1. The molecule has 0 saturated carbocycles. The van der Waals surface area contributed by atoms with Crippen molar-refractivity contribution in [3.63, 3.8) is 0 Å². The number of hydrogen-bond acceptors (Lipinski definition) is 6. The predicted octanol–water partition coefficient (Wildman–Crippen LogP) is 2.49. The highest BCUT2D eigenvalue weighted by molar-refractivity contribution is 7.09. The van der Waals surface area contributed by atoms with Crippen LogP contribution in [0.2, 0.25) is 5.02 Å². The Balaban J connectivity index is 1.96. The number of ether oxygens (including phenoxy) is 1. The molecule has 1 aromatic carbocycles. The van der Waals surface area contributed by atoms with Gasteiger partial charge in [0, 0.05) is 24.0 Å². The van der Waals surface area contributed by atoms with Crippen LogP contribution in [0.25, 0.3) is 0 Å². The molecule has 0 aliphatic rings. The van der Waals surface area contributed by atoms with Gasteiger partial charge in [-0.2, -0.15) is 0 Å². The largest absolute Gasteiger partial charge is 0.491 e. The number of rotatable bonds is 8. The van der Waals surface area contributed by atoms with E-state index in [1.807, 2.05) is 19.0 Å². The third-order valence-electron chi connectivity index (χ3n) is 3.13. The van der Waals surface area contributed by atoms with Crippen LogP contribution in [0.15, 0.2) is 23.6 Å². The van der Waals surface area contributed by atoms with Gasteiger partial charge in [-0.25, -0.2) is 4.98 Å². The molecule has 1 heterocycles. The molecule has 6 nitrogen and oxygen atoms in total. The molecule has 2 aromatic rings. The lowest BCUT2D eigenvalue weighted by Gasteiger charge is -2.12. The minimum Gasteiger partial charge on any atom is -0.491 e. The number of amides is 1. The number of benzene rings is 1. The van der Waals surface area contributed by atoms with Crippen molar-refractivity contribution in [2.75, 3.05) is 39.1 Å². The fourth-order valence-electron chi connectivity index (χ4n) is 1.88. The average molecular weight is 369 g/mol. The van der Waals surface area contributed by atoms with Gasteiger partial charge in [0.1, 0.15) is 18.1 Å². The standard InChI is InChI=1S/C16H21ClN4O2S/c1-21(2)7-8-23-14-4-3-11(9-12(14)17)19-16(22)13-10-24-15(20-13)5-6-18/h3-4,9-10H,5-8,18H2,1-2H3,(H,19,22). The highest BCUT2D eigenvalue weighted by atomic mass is 35.5. The van der Waals surface area contributed by atoms with Crippen LogP contribution < -0.4 is 15.8 Å². The van der Waals surface area contributed by atoms with Crippen LogP contribution in [-0.2, 0) is 6.42 Å². The molecule has 1 amide bonds. The zero-order chi connectivity index (χ0) is 17.5. The molecule has 0 bridgehead atoms. The van der Waals surface area contributed by atoms with E-state index in [0.29, 0.717) is 41.7 Å². The topological polar surface area (TPSA) is 80.5 Å². The third-order valence-corrected chi connectivity index (χ3v) is 4.33. The summed E-state index contributed by atoms with van der Waals surface area (Å²) < 4.78 is 5.61. The number of halogens is 1. The highest BCUT2D eigenvalue weighted by Gasteiger charge is 2.12. The Morgan fingerprint density at radius 3 is 2.92 bits per heavy atom. The van der Waals surface area contributed by atoms with E-state index in [1.54, 1.807) is 23.6 Å². The van der Waals surface area contributed by atoms with Gasteiger partial charge in [-0.05, 0) is 38.8 Å². The number of nitrogens with two attached hydrogens (primary N) is 1. The molecular formula is C16H21ClN4O2S. The van der Waals surface area contributed by atoms with Crippen LogP contribution in [0.1, 0.15) is 15.5 Å². The van der Waals surface area contributed by atoms with Crippen molar-refractivity contribution in [2.45, 2.75) is 6.42 Å². The quantitative estimate of drug-likeness (QED) is 0.748. The van der Waals surface area contributed by atoms with Gasteiger partial charge in [-0.1, -0.05) is 11.6 Å². The SMILES string of the molecule is CN(C)CCOc1ccc(NC(=O)c2csc(CCN)n2)cc1Cl. The van der Waals surface area contributed by atoms with E-state index in [0.717, 1.165) is 11.6 Å². The fraction of sp³-hybridized carbons (Fsp3) is 0.375. The Morgan fingerprint density at radius 2 is 2.25 bits per heavy atom. The number of nitrogens with zero attached hydrogens (tertiary/aromatic N) is 2. The molecule has 0 aliphatic heterocycles. The molecule has 0 atom stereocenters. The van der Waals surface area contributed by atoms with Crippen molar-refractivity contribution in [3.8, 4) is 5.75 Å². The third kappa shape index (κ3) is 5.45. The van der Waals surface area contributed by atoms with Crippen molar-refractivity contribution >= 4 is 34.5 Å². The zero-order valence-corrected chi connectivity index (χ0v) is 15.3. The molecule has 0 saturated heterocycles. The maximum Gasteiger partial charge on any atom is 0.275 e. The summed E-state index contributed by atoms with van der Waals surface area (Å²) in [5.74, 6) is 0.322. The van der Waals surface area contributed by atoms with Crippen LogP contribution in [0.3, 0.4) is 0 Å². The summed E-state index contributed by atoms with van der Waals surface area (Å²) in [6.07, 6.45) is 0.669. The number of nitrogens with one attached hydrogen (secondary N) is 1. The van der Waals surface area contributed by atoms with Crippen LogP contribution >= 0.6 is 22.9 Å². The van der Waals surface area contributed by atoms with Crippen molar-refractivity contribution < 1.29 is 9.53 Å². The fourth-order valence-corrected chi connectivity index (χ4v) is 2.91. The second-order valence-corrected chi connectivity index (χ2v) is 6.77. The summed E-state index contributed by atoms with van der Waals surface area (Å²) in [6.45, 7) is 1.85. The normalized spacial score (nSPS) is 10.9.